The minimum absolute atomic E-state index is 0.0169. The van der Waals surface area contributed by atoms with Crippen LogP contribution in [0, 0.1) is 0 Å². The summed E-state index contributed by atoms with van der Waals surface area (Å²) in [5, 5.41) is 10.8. The topological polar surface area (TPSA) is 43.8 Å². The molecule has 126 valence electrons. The van der Waals surface area contributed by atoms with Gasteiger partial charge in [-0.3, -0.25) is 4.79 Å². The van der Waals surface area contributed by atoms with Crippen molar-refractivity contribution in [2.24, 2.45) is 0 Å². The number of hydrogen-bond donors (Lipinski definition) is 1. The summed E-state index contributed by atoms with van der Waals surface area (Å²) in [6.45, 7) is 5.27. The molecule has 1 amide bonds. The molecule has 0 unspecified atom stereocenters. The first-order valence-electron chi connectivity index (χ1n) is 8.69. The third kappa shape index (κ3) is 3.29. The van der Waals surface area contributed by atoms with Gasteiger partial charge in [-0.1, -0.05) is 37.3 Å². The summed E-state index contributed by atoms with van der Waals surface area (Å²) >= 11 is 0. The van der Waals surface area contributed by atoms with Gasteiger partial charge in [-0.15, -0.1) is 0 Å². The van der Waals surface area contributed by atoms with Crippen molar-refractivity contribution >= 4 is 5.91 Å². The molecule has 4 nitrogen and oxygen atoms in total. The fourth-order valence-corrected chi connectivity index (χ4v) is 3.99. The number of likely N-dealkylation sites (tertiary alicyclic amines) is 2. The van der Waals surface area contributed by atoms with Crippen LogP contribution in [0.25, 0.3) is 0 Å². The highest BCUT2D eigenvalue weighted by Gasteiger charge is 2.44. The monoisotopic (exact) mass is 316 g/mol. The Hall–Kier alpha value is -1.39. The molecule has 2 fully saturated rings. The molecule has 2 heterocycles. The molecule has 4 heteroatoms. The van der Waals surface area contributed by atoms with Gasteiger partial charge in [0.25, 0.3) is 5.91 Å². The second kappa shape index (κ2) is 6.25. The Kier molecular flexibility index (Phi) is 4.47. The van der Waals surface area contributed by atoms with E-state index in [0.717, 1.165) is 32.5 Å². The number of aliphatic hydroxyl groups is 1. The molecule has 0 spiro atoms. The molecule has 23 heavy (non-hydrogen) atoms. The smallest absolute Gasteiger partial charge is 0.254 e. The summed E-state index contributed by atoms with van der Waals surface area (Å²) in [6.07, 6.45) is 3.16. The van der Waals surface area contributed by atoms with E-state index in [2.05, 4.69) is 36.1 Å². The van der Waals surface area contributed by atoms with Gasteiger partial charge in [-0.25, -0.2) is 0 Å². The SMILES string of the molecule is CN1CCC(O)(C(=O)N2CCC[C@@](C)(c3ccccc3)C2)CC1. The largest absolute Gasteiger partial charge is 0.380 e. The molecule has 3 rings (SSSR count). The highest BCUT2D eigenvalue weighted by molar-refractivity contribution is 5.85. The van der Waals surface area contributed by atoms with Crippen molar-refractivity contribution in [3.63, 3.8) is 0 Å². The fourth-order valence-electron chi connectivity index (χ4n) is 3.99. The van der Waals surface area contributed by atoms with Crippen molar-refractivity contribution in [2.45, 2.75) is 43.6 Å². The van der Waals surface area contributed by atoms with Crippen LogP contribution in [0.2, 0.25) is 0 Å². The van der Waals surface area contributed by atoms with Crippen LogP contribution in [0.15, 0.2) is 30.3 Å². The minimum Gasteiger partial charge on any atom is -0.380 e. The zero-order valence-corrected chi connectivity index (χ0v) is 14.3. The third-order valence-electron chi connectivity index (χ3n) is 5.67. The van der Waals surface area contributed by atoms with Gasteiger partial charge in [0.2, 0.25) is 0 Å². The van der Waals surface area contributed by atoms with Gasteiger partial charge in [0.15, 0.2) is 0 Å². The van der Waals surface area contributed by atoms with E-state index < -0.39 is 5.60 Å². The lowest BCUT2D eigenvalue weighted by Crippen LogP contribution is -2.58. The van der Waals surface area contributed by atoms with E-state index in [1.54, 1.807) is 0 Å². The van der Waals surface area contributed by atoms with Crippen molar-refractivity contribution in [3.05, 3.63) is 35.9 Å². The van der Waals surface area contributed by atoms with Crippen LogP contribution >= 0.6 is 0 Å². The second-order valence-electron chi connectivity index (χ2n) is 7.59. The van der Waals surface area contributed by atoms with Crippen LogP contribution in [0.4, 0.5) is 0 Å². The Morgan fingerprint density at radius 1 is 1.09 bits per heavy atom. The van der Waals surface area contributed by atoms with Crippen molar-refractivity contribution in [1.82, 2.24) is 9.80 Å². The van der Waals surface area contributed by atoms with E-state index in [4.69, 9.17) is 0 Å². The molecule has 0 bridgehead atoms. The lowest BCUT2D eigenvalue weighted by atomic mass is 9.75. The van der Waals surface area contributed by atoms with Crippen LogP contribution in [-0.4, -0.2) is 59.6 Å². The first-order chi connectivity index (χ1) is 10.9. The van der Waals surface area contributed by atoms with Crippen LogP contribution in [0.5, 0.6) is 0 Å². The van der Waals surface area contributed by atoms with Crippen LogP contribution < -0.4 is 0 Å². The molecular formula is C19H28N2O2. The predicted molar refractivity (Wildman–Crippen MR) is 91.3 cm³/mol. The number of hydrogen-bond acceptors (Lipinski definition) is 3. The van der Waals surface area contributed by atoms with Gasteiger partial charge in [-0.2, -0.15) is 0 Å². The number of piperidine rings is 2. The summed E-state index contributed by atoms with van der Waals surface area (Å²) in [5.74, 6) is -0.0625. The summed E-state index contributed by atoms with van der Waals surface area (Å²) in [4.78, 5) is 17.0. The molecule has 2 aliphatic heterocycles. The highest BCUT2D eigenvalue weighted by Crippen LogP contribution is 2.35. The Bertz CT molecular complexity index is 552. The molecule has 1 N–H and O–H groups in total. The maximum atomic E-state index is 13.0. The van der Waals surface area contributed by atoms with Gasteiger partial charge < -0.3 is 14.9 Å². The Balaban J connectivity index is 1.75. The number of amides is 1. The van der Waals surface area contributed by atoms with Crippen LogP contribution in [0.3, 0.4) is 0 Å². The van der Waals surface area contributed by atoms with E-state index in [0.29, 0.717) is 19.4 Å². The van der Waals surface area contributed by atoms with Gasteiger partial charge in [0.05, 0.1) is 0 Å². The molecule has 1 atom stereocenters. The quantitative estimate of drug-likeness (QED) is 0.908. The average Bonchev–Trinajstić information content (AvgIpc) is 2.58. The highest BCUT2D eigenvalue weighted by atomic mass is 16.3. The number of nitrogens with zero attached hydrogens (tertiary/aromatic N) is 2. The van der Waals surface area contributed by atoms with E-state index >= 15 is 0 Å². The maximum Gasteiger partial charge on any atom is 0.254 e. The van der Waals surface area contributed by atoms with Gasteiger partial charge >= 0.3 is 0 Å². The summed E-state index contributed by atoms with van der Waals surface area (Å²) in [5.41, 5.74) is 0.103. The standard InChI is InChI=1S/C19H28N2O2/c1-18(16-7-4-3-5-8-16)9-6-12-21(15-18)17(22)19(23)10-13-20(2)14-11-19/h3-5,7-8,23H,6,9-15H2,1-2H3/t18-/m1/s1. The Morgan fingerprint density at radius 2 is 1.74 bits per heavy atom. The molecule has 0 aromatic heterocycles. The van der Waals surface area contributed by atoms with Crippen LogP contribution in [0.1, 0.15) is 38.2 Å². The number of carbonyl (C=O) groups is 1. The Morgan fingerprint density at radius 3 is 2.39 bits per heavy atom. The zero-order valence-electron chi connectivity index (χ0n) is 14.3. The molecular weight excluding hydrogens is 288 g/mol. The van der Waals surface area contributed by atoms with Crippen molar-refractivity contribution in [2.75, 3.05) is 33.2 Å². The van der Waals surface area contributed by atoms with Crippen molar-refractivity contribution < 1.29 is 9.90 Å². The van der Waals surface area contributed by atoms with E-state index in [1.807, 2.05) is 18.0 Å². The molecule has 0 radical (unpaired) electrons. The third-order valence-corrected chi connectivity index (χ3v) is 5.67. The van der Waals surface area contributed by atoms with E-state index in [9.17, 15) is 9.90 Å². The van der Waals surface area contributed by atoms with E-state index in [-0.39, 0.29) is 11.3 Å². The predicted octanol–water partition coefficient (Wildman–Crippen LogP) is 2.02. The fraction of sp³-hybridized carbons (Fsp3) is 0.632. The first-order valence-corrected chi connectivity index (χ1v) is 8.69. The number of benzene rings is 1. The molecule has 0 aliphatic carbocycles. The lowest BCUT2D eigenvalue weighted by Gasteiger charge is -2.45. The lowest BCUT2D eigenvalue weighted by molar-refractivity contribution is -0.158. The number of rotatable bonds is 2. The minimum atomic E-state index is -1.17. The zero-order chi connectivity index (χ0) is 16.5. The van der Waals surface area contributed by atoms with Crippen LogP contribution in [-0.2, 0) is 10.2 Å². The summed E-state index contributed by atoms with van der Waals surface area (Å²) in [6, 6.07) is 10.5. The van der Waals surface area contributed by atoms with Gasteiger partial charge in [0.1, 0.15) is 5.60 Å². The number of carbonyl (C=O) groups excluding carboxylic acids is 1. The molecule has 2 saturated heterocycles. The maximum absolute atomic E-state index is 13.0. The van der Waals surface area contributed by atoms with Crippen molar-refractivity contribution in [1.29, 1.82) is 0 Å². The normalized spacial score (nSPS) is 28.6. The molecule has 1 aromatic rings. The molecule has 1 aromatic carbocycles. The molecule has 2 aliphatic rings. The molecule has 0 saturated carbocycles. The average molecular weight is 316 g/mol. The summed E-state index contributed by atoms with van der Waals surface area (Å²) in [7, 11) is 2.04. The first kappa shape index (κ1) is 16.5. The van der Waals surface area contributed by atoms with Gasteiger partial charge in [-0.05, 0) is 38.3 Å². The second-order valence-corrected chi connectivity index (χ2v) is 7.59. The van der Waals surface area contributed by atoms with E-state index in [1.165, 1.54) is 5.56 Å². The summed E-state index contributed by atoms with van der Waals surface area (Å²) < 4.78 is 0. The van der Waals surface area contributed by atoms with Crippen molar-refractivity contribution in [3.8, 4) is 0 Å². The Labute approximate surface area is 139 Å². The van der Waals surface area contributed by atoms with Gasteiger partial charge in [0, 0.05) is 31.6 Å².